The van der Waals surface area contributed by atoms with Gasteiger partial charge in [0.1, 0.15) is 46.0 Å². The van der Waals surface area contributed by atoms with E-state index in [-0.39, 0.29) is 88.6 Å². The lowest BCUT2D eigenvalue weighted by molar-refractivity contribution is 0.0877. The van der Waals surface area contributed by atoms with E-state index in [1.165, 1.54) is 9.80 Å². The number of anilines is 2. The number of carbonyl (C=O) groups excluding carboxylic acids is 4. The highest BCUT2D eigenvalue weighted by Crippen LogP contribution is 2.59. The van der Waals surface area contributed by atoms with Gasteiger partial charge in [0.2, 0.25) is 0 Å². The predicted molar refractivity (Wildman–Crippen MR) is 452 cm³/mol. The fourth-order valence-corrected chi connectivity index (χ4v) is 19.1. The Balaban J connectivity index is 1.22. The van der Waals surface area contributed by atoms with Crippen molar-refractivity contribution in [1.29, 1.82) is 0 Å². The van der Waals surface area contributed by atoms with Gasteiger partial charge in [-0.2, -0.15) is 0 Å². The topological polar surface area (TPSA) is 112 Å². The lowest BCUT2D eigenvalue weighted by atomic mass is 9.72. The minimum Gasteiger partial charge on any atom is -0.457 e. The van der Waals surface area contributed by atoms with E-state index in [1.807, 2.05) is 100 Å². The molecular formula is C100H106N2O8. The van der Waals surface area contributed by atoms with Gasteiger partial charge >= 0.3 is 0 Å². The molecule has 564 valence electrons. The fraction of sp³-hybridized carbons (Fsp3) is 0.360. The fourth-order valence-electron chi connectivity index (χ4n) is 19.1. The molecule has 0 atom stereocenters. The molecule has 11 aromatic rings. The van der Waals surface area contributed by atoms with Gasteiger partial charge in [-0.05, 0) is 238 Å². The molecule has 0 aliphatic carbocycles. The monoisotopic (exact) mass is 1460 g/mol. The number of nitrogens with zero attached hydrogens (tertiary/aromatic N) is 2. The van der Waals surface area contributed by atoms with Gasteiger partial charge in [0.25, 0.3) is 23.6 Å². The van der Waals surface area contributed by atoms with Gasteiger partial charge in [0.15, 0.2) is 0 Å². The normalized spacial score (nSPS) is 14.0. The Morgan fingerprint density at radius 3 is 0.645 bits per heavy atom. The molecule has 2 aliphatic heterocycles. The second kappa shape index (κ2) is 27.1. The van der Waals surface area contributed by atoms with Crippen molar-refractivity contribution in [1.82, 2.24) is 0 Å². The van der Waals surface area contributed by atoms with E-state index in [1.54, 1.807) is 24.3 Å². The molecule has 4 amide bonds. The van der Waals surface area contributed by atoms with E-state index < -0.39 is 23.6 Å². The zero-order chi connectivity index (χ0) is 80.0. The van der Waals surface area contributed by atoms with Crippen LogP contribution in [0, 0.1) is 74.0 Å². The standard InChI is InChI=1S/C100H106N2O8/c1-27-61-45-57(3)87(58(4)46-61)101-89(103)71-49-75(107-67-37-29-63(30-38-67)97(19,20)53-93(7,8)9)81-83-77(109-69-41-33-65(34-42-69)99(23,24)55-95(13,14)15)51-73-80-74(92(106)102(91(73)105)88-59(5)47-62(28-2)48-60(88)6)52-78(110-70-43-35-66(36-44-70)100(25,26)56-96(16,17)18)84(86(80)83)82-76(50-72(90(101)104)79(71)85(81)82)108-68-39-31-64(32-40-68)98(21,22)54-94(10,11)12/h1-2,29-52H,53-56H2,3-26H3. The molecule has 10 heteroatoms. The van der Waals surface area contributed by atoms with E-state index in [0.717, 1.165) is 47.9 Å². The maximum atomic E-state index is 16.5. The number of hydrogen-bond acceptors (Lipinski definition) is 8. The zero-order valence-electron chi connectivity index (χ0n) is 69.0. The predicted octanol–water partition coefficient (Wildman–Crippen LogP) is 26.6. The minimum absolute atomic E-state index is 0.0155. The molecule has 2 heterocycles. The summed E-state index contributed by atoms with van der Waals surface area (Å²) in [5.74, 6) is 5.76. The summed E-state index contributed by atoms with van der Waals surface area (Å²) in [6.45, 7) is 52.4. The second-order valence-corrected chi connectivity index (χ2v) is 38.8. The maximum absolute atomic E-state index is 16.5. The van der Waals surface area contributed by atoms with E-state index in [2.05, 4.69) is 199 Å². The first-order valence-corrected chi connectivity index (χ1v) is 38.6. The highest BCUT2D eigenvalue weighted by atomic mass is 16.5. The summed E-state index contributed by atoms with van der Waals surface area (Å²) < 4.78 is 30.2. The smallest absolute Gasteiger partial charge is 0.266 e. The van der Waals surface area contributed by atoms with Gasteiger partial charge in [-0.1, -0.05) is 199 Å². The van der Waals surface area contributed by atoms with E-state index in [0.29, 0.717) is 111 Å². The number of benzene rings is 11. The first-order valence-electron chi connectivity index (χ1n) is 38.6. The first-order chi connectivity index (χ1) is 51.2. The van der Waals surface area contributed by atoms with Crippen molar-refractivity contribution in [3.8, 4) is 70.7 Å². The van der Waals surface area contributed by atoms with Crippen molar-refractivity contribution in [2.24, 2.45) is 21.7 Å². The number of ether oxygens (including phenoxy) is 4. The summed E-state index contributed by atoms with van der Waals surface area (Å²) in [7, 11) is 0. The Bertz CT molecular complexity index is 5030. The maximum Gasteiger partial charge on any atom is 0.266 e. The number of terminal acetylenes is 2. The van der Waals surface area contributed by atoms with Crippen LogP contribution in [0.5, 0.6) is 46.0 Å². The molecule has 10 nitrogen and oxygen atoms in total. The summed E-state index contributed by atoms with van der Waals surface area (Å²) in [5.41, 5.74) is 8.67. The number of amides is 4. The molecule has 11 aromatic carbocycles. The zero-order valence-corrected chi connectivity index (χ0v) is 69.0. The Kier molecular flexibility index (Phi) is 19.1. The van der Waals surface area contributed by atoms with Crippen molar-refractivity contribution >= 4 is 78.1 Å². The highest BCUT2D eigenvalue weighted by molar-refractivity contribution is 6.48. The van der Waals surface area contributed by atoms with Gasteiger partial charge in [0.05, 0.1) is 33.6 Å². The third-order valence-corrected chi connectivity index (χ3v) is 22.0. The summed E-state index contributed by atoms with van der Waals surface area (Å²) in [6, 6.07) is 46.6. The van der Waals surface area contributed by atoms with Gasteiger partial charge in [0, 0.05) is 54.2 Å². The third-order valence-electron chi connectivity index (χ3n) is 22.0. The molecule has 110 heavy (non-hydrogen) atoms. The molecule has 0 spiro atoms. The van der Waals surface area contributed by atoms with Crippen LogP contribution in [0.1, 0.15) is 261 Å². The Morgan fingerprint density at radius 2 is 0.473 bits per heavy atom. The minimum atomic E-state index is -0.601. The molecule has 0 fully saturated rings. The second-order valence-electron chi connectivity index (χ2n) is 38.8. The number of hydrogen-bond donors (Lipinski definition) is 0. The van der Waals surface area contributed by atoms with Crippen LogP contribution in [0.4, 0.5) is 11.4 Å². The van der Waals surface area contributed by atoms with Crippen molar-refractivity contribution in [3.05, 3.63) is 223 Å². The average Bonchev–Trinajstić information content (AvgIpc) is 0.669. The molecular weight excluding hydrogens is 1360 g/mol. The number of fused-ring (bicyclic) bond motifs is 2. The van der Waals surface area contributed by atoms with Crippen molar-refractivity contribution in [2.75, 3.05) is 9.80 Å². The van der Waals surface area contributed by atoms with Crippen LogP contribution in [0.2, 0.25) is 0 Å². The molecule has 13 rings (SSSR count). The van der Waals surface area contributed by atoms with Gasteiger partial charge < -0.3 is 18.9 Å². The van der Waals surface area contributed by atoms with Crippen LogP contribution in [0.3, 0.4) is 0 Å². The highest BCUT2D eigenvalue weighted by Gasteiger charge is 2.44. The van der Waals surface area contributed by atoms with Crippen LogP contribution in [0.15, 0.2) is 146 Å². The van der Waals surface area contributed by atoms with E-state index in [9.17, 15) is 0 Å². The summed E-state index contributed by atoms with van der Waals surface area (Å²) in [5, 5.41) is 3.09. The van der Waals surface area contributed by atoms with E-state index in [4.69, 9.17) is 31.8 Å². The van der Waals surface area contributed by atoms with Crippen molar-refractivity contribution in [2.45, 2.75) is 214 Å². The number of aryl methyl sites for hydroxylation is 4. The summed E-state index contributed by atoms with van der Waals surface area (Å²) >= 11 is 0. The largest absolute Gasteiger partial charge is 0.457 e. The summed E-state index contributed by atoms with van der Waals surface area (Å²) in [4.78, 5) is 68.6. The van der Waals surface area contributed by atoms with Crippen molar-refractivity contribution in [3.63, 3.8) is 0 Å². The van der Waals surface area contributed by atoms with Crippen LogP contribution in [-0.2, 0) is 21.7 Å². The Labute approximate surface area is 651 Å². The van der Waals surface area contributed by atoms with Gasteiger partial charge in [-0.15, -0.1) is 12.8 Å². The molecule has 0 saturated carbocycles. The van der Waals surface area contributed by atoms with Crippen LogP contribution in [0.25, 0.3) is 43.1 Å². The van der Waals surface area contributed by atoms with Gasteiger partial charge in [-0.25, -0.2) is 9.80 Å². The molecule has 0 unspecified atom stereocenters. The molecule has 0 saturated heterocycles. The molecule has 2 aliphatic rings. The number of imide groups is 2. The number of rotatable bonds is 18. The van der Waals surface area contributed by atoms with Crippen LogP contribution < -0.4 is 28.7 Å². The Hall–Kier alpha value is -10.7. The first kappa shape index (κ1) is 77.5. The Morgan fingerprint density at radius 1 is 0.282 bits per heavy atom. The van der Waals surface area contributed by atoms with Gasteiger partial charge in [-0.3, -0.25) is 19.2 Å². The lowest BCUT2D eigenvalue weighted by Gasteiger charge is -2.34. The molecule has 0 bridgehead atoms. The SMILES string of the molecule is C#Cc1cc(C)c(N2C(=O)c3cc(Oc4ccc(C(C)(C)CC(C)(C)C)cc4)c4c5c(Oc6ccc(C(C)(C)CC(C)(C)C)cc6)cc6c7c(cc(Oc8ccc(C(C)(C)CC(C)(C)C)cc8)c(c8c(Oc9ccc(C(C)(C)CC(C)(C)C)cc9)cc(c3c48)C2=O)c75)C(=O)N(c2c(C)cc(C#C)cc2C)C6=O)c(C)c1. The molecule has 0 radical (unpaired) electrons. The van der Waals surface area contributed by atoms with Crippen LogP contribution >= 0.6 is 0 Å². The van der Waals surface area contributed by atoms with Crippen LogP contribution in [-0.4, -0.2) is 23.6 Å². The quantitative estimate of drug-likeness (QED) is 0.0361. The average molecular weight is 1460 g/mol. The number of carbonyl (C=O) groups is 4. The lowest BCUT2D eigenvalue weighted by Crippen LogP contribution is -2.41. The summed E-state index contributed by atoms with van der Waals surface area (Å²) in [6.07, 6.45) is 15.7. The molecule has 0 aromatic heterocycles. The van der Waals surface area contributed by atoms with Crippen molar-refractivity contribution < 1.29 is 38.1 Å². The third kappa shape index (κ3) is 14.5. The molecule has 0 N–H and O–H groups in total. The van der Waals surface area contributed by atoms with E-state index >= 15 is 19.2 Å².